The molecule has 1 saturated carbocycles. The summed E-state index contributed by atoms with van der Waals surface area (Å²) in [7, 11) is 1.57. The van der Waals surface area contributed by atoms with Crippen molar-refractivity contribution >= 4 is 5.95 Å². The number of aromatic nitrogens is 7. The van der Waals surface area contributed by atoms with Crippen LogP contribution in [0, 0.1) is 0 Å². The smallest absolute Gasteiger partial charge is 0.434 e. The minimum absolute atomic E-state index is 0.0804. The van der Waals surface area contributed by atoms with Crippen LogP contribution < -0.4 is 9.64 Å². The molecule has 210 valence electrons. The number of aryl methyl sites for hydroxylation is 1. The average Bonchev–Trinajstić information content (AvgIpc) is 3.53. The Morgan fingerprint density at radius 1 is 1.07 bits per heavy atom. The van der Waals surface area contributed by atoms with Gasteiger partial charge in [0, 0.05) is 37.3 Å². The standard InChI is InChI=1S/C27H28F4N8O/c1-16(12-28)38-14-20(27(29,30)31)34-24(38)19-6-4-17(5-7-19)13-37-10-3-11-39-26(37)35-23(36-39)21-22(18-8-9-18)32-15-33-25(21)40-2/h4-7,14-16,18H,3,8-13H2,1-2H3. The highest BCUT2D eigenvalue weighted by Gasteiger charge is 2.36. The van der Waals surface area contributed by atoms with Crippen molar-refractivity contribution < 1.29 is 22.3 Å². The lowest BCUT2D eigenvalue weighted by molar-refractivity contribution is -0.140. The van der Waals surface area contributed by atoms with Crippen molar-refractivity contribution in [3.8, 4) is 28.7 Å². The number of anilines is 1. The molecule has 1 unspecified atom stereocenters. The van der Waals surface area contributed by atoms with E-state index in [1.54, 1.807) is 19.2 Å². The van der Waals surface area contributed by atoms with Gasteiger partial charge in [0.1, 0.15) is 24.4 Å². The summed E-state index contributed by atoms with van der Waals surface area (Å²) < 4.78 is 62.0. The Morgan fingerprint density at radius 3 is 2.52 bits per heavy atom. The van der Waals surface area contributed by atoms with E-state index in [4.69, 9.17) is 14.8 Å². The summed E-state index contributed by atoms with van der Waals surface area (Å²) >= 11 is 0. The third-order valence-electron chi connectivity index (χ3n) is 7.26. The Hall–Kier alpha value is -4.03. The molecular formula is C27H28F4N8O. The van der Waals surface area contributed by atoms with Gasteiger partial charge in [-0.1, -0.05) is 24.3 Å². The van der Waals surface area contributed by atoms with Gasteiger partial charge in [-0.05, 0) is 31.7 Å². The number of benzene rings is 1. The van der Waals surface area contributed by atoms with E-state index in [-0.39, 0.29) is 5.82 Å². The van der Waals surface area contributed by atoms with Crippen LogP contribution in [0.5, 0.6) is 5.88 Å². The number of alkyl halides is 4. The van der Waals surface area contributed by atoms with Gasteiger partial charge in [-0.2, -0.15) is 18.2 Å². The Kier molecular flexibility index (Phi) is 6.67. The molecule has 40 heavy (non-hydrogen) atoms. The first-order valence-corrected chi connectivity index (χ1v) is 13.2. The summed E-state index contributed by atoms with van der Waals surface area (Å²) in [6.45, 7) is 2.73. The minimum atomic E-state index is -4.62. The Bertz CT molecular complexity index is 1510. The zero-order valence-electron chi connectivity index (χ0n) is 22.1. The van der Waals surface area contributed by atoms with Crippen LogP contribution in [0.15, 0.2) is 36.8 Å². The number of ether oxygens (including phenoxy) is 1. The molecule has 0 spiro atoms. The number of hydrogen-bond acceptors (Lipinski definition) is 7. The normalized spacial score (nSPS) is 16.2. The summed E-state index contributed by atoms with van der Waals surface area (Å²) in [5.41, 5.74) is 2.02. The van der Waals surface area contributed by atoms with E-state index in [2.05, 4.69) is 19.9 Å². The van der Waals surface area contributed by atoms with Crippen LogP contribution in [0.1, 0.15) is 55.1 Å². The number of imidazole rings is 1. The topological polar surface area (TPSA) is 86.8 Å². The van der Waals surface area contributed by atoms with E-state index in [9.17, 15) is 17.6 Å². The van der Waals surface area contributed by atoms with Crippen LogP contribution in [0.3, 0.4) is 0 Å². The van der Waals surface area contributed by atoms with Crippen molar-refractivity contribution in [3.05, 3.63) is 53.7 Å². The van der Waals surface area contributed by atoms with Crippen molar-refractivity contribution in [2.75, 3.05) is 25.2 Å². The number of hydrogen-bond donors (Lipinski definition) is 0. The molecule has 1 aliphatic heterocycles. The minimum Gasteiger partial charge on any atom is -0.480 e. The van der Waals surface area contributed by atoms with Gasteiger partial charge < -0.3 is 14.2 Å². The first-order chi connectivity index (χ1) is 19.3. The molecule has 0 radical (unpaired) electrons. The second-order valence-electron chi connectivity index (χ2n) is 10.2. The molecule has 0 N–H and O–H groups in total. The number of fused-ring (bicyclic) bond motifs is 1. The highest BCUT2D eigenvalue weighted by molar-refractivity contribution is 5.67. The Morgan fingerprint density at radius 2 is 1.85 bits per heavy atom. The van der Waals surface area contributed by atoms with Gasteiger partial charge in [0.05, 0.1) is 18.8 Å². The molecule has 1 aromatic carbocycles. The van der Waals surface area contributed by atoms with Crippen LogP contribution in [0.25, 0.3) is 22.8 Å². The van der Waals surface area contributed by atoms with Crippen molar-refractivity contribution in [2.24, 2.45) is 0 Å². The maximum Gasteiger partial charge on any atom is 0.434 e. The monoisotopic (exact) mass is 556 g/mol. The second-order valence-corrected chi connectivity index (χ2v) is 10.2. The van der Waals surface area contributed by atoms with Crippen LogP contribution >= 0.6 is 0 Å². The van der Waals surface area contributed by atoms with Gasteiger partial charge in [0.15, 0.2) is 11.5 Å². The quantitative estimate of drug-likeness (QED) is 0.267. The third-order valence-corrected chi connectivity index (χ3v) is 7.26. The molecule has 2 aliphatic rings. The molecule has 1 aliphatic carbocycles. The fourth-order valence-electron chi connectivity index (χ4n) is 5.03. The van der Waals surface area contributed by atoms with Gasteiger partial charge >= 0.3 is 6.18 Å². The molecule has 3 aromatic heterocycles. The predicted molar refractivity (Wildman–Crippen MR) is 139 cm³/mol. The fourth-order valence-corrected chi connectivity index (χ4v) is 5.03. The van der Waals surface area contributed by atoms with Crippen LogP contribution in [-0.4, -0.2) is 54.6 Å². The number of halogens is 4. The second kappa shape index (κ2) is 10.2. The zero-order valence-corrected chi connectivity index (χ0v) is 22.1. The molecule has 0 bridgehead atoms. The summed E-state index contributed by atoms with van der Waals surface area (Å²) in [4.78, 5) is 19.6. The fraction of sp³-hybridized carbons (Fsp3) is 0.444. The van der Waals surface area contributed by atoms with Gasteiger partial charge in [-0.25, -0.2) is 24.0 Å². The highest BCUT2D eigenvalue weighted by atomic mass is 19.4. The molecular weight excluding hydrogens is 528 g/mol. The Balaban J connectivity index is 1.27. The van der Waals surface area contributed by atoms with E-state index in [1.807, 2.05) is 16.8 Å². The Labute approximate surface area is 227 Å². The lowest BCUT2D eigenvalue weighted by Gasteiger charge is -2.27. The van der Waals surface area contributed by atoms with Gasteiger partial charge in [-0.3, -0.25) is 0 Å². The van der Waals surface area contributed by atoms with E-state index in [0.717, 1.165) is 61.3 Å². The number of rotatable bonds is 8. The van der Waals surface area contributed by atoms with E-state index in [0.29, 0.717) is 29.7 Å². The van der Waals surface area contributed by atoms with Crippen LogP contribution in [0.4, 0.5) is 23.5 Å². The molecule has 6 rings (SSSR count). The molecule has 9 nitrogen and oxygen atoms in total. The lowest BCUT2D eigenvalue weighted by atomic mass is 10.1. The number of nitrogens with zero attached hydrogens (tertiary/aromatic N) is 8. The maximum absolute atomic E-state index is 13.4. The van der Waals surface area contributed by atoms with E-state index in [1.165, 1.54) is 17.8 Å². The first kappa shape index (κ1) is 26.2. The summed E-state index contributed by atoms with van der Waals surface area (Å²) in [5, 5.41) is 4.77. The summed E-state index contributed by atoms with van der Waals surface area (Å²) in [6, 6.07) is 6.34. The molecule has 1 fully saturated rings. The SMILES string of the molecule is COc1ncnc(C2CC2)c1-c1nc2n(n1)CCCN2Cc1ccc(-c2nc(C(F)(F)F)cn2C(C)CF)cc1. The van der Waals surface area contributed by atoms with Gasteiger partial charge in [0.2, 0.25) is 11.8 Å². The zero-order chi connectivity index (χ0) is 28.0. The molecule has 13 heteroatoms. The molecule has 0 saturated heterocycles. The number of methoxy groups -OCH3 is 1. The van der Waals surface area contributed by atoms with Gasteiger partial charge in [-0.15, -0.1) is 5.10 Å². The van der Waals surface area contributed by atoms with Crippen molar-refractivity contribution in [1.29, 1.82) is 0 Å². The van der Waals surface area contributed by atoms with Crippen molar-refractivity contribution in [3.63, 3.8) is 0 Å². The lowest BCUT2D eigenvalue weighted by Crippen LogP contribution is -2.32. The van der Waals surface area contributed by atoms with Gasteiger partial charge in [0.25, 0.3) is 0 Å². The third kappa shape index (κ3) is 4.88. The van der Waals surface area contributed by atoms with E-state index >= 15 is 0 Å². The molecule has 4 heterocycles. The molecule has 4 aromatic rings. The highest BCUT2D eigenvalue weighted by Crippen LogP contribution is 2.45. The van der Waals surface area contributed by atoms with Crippen molar-refractivity contribution in [2.45, 2.75) is 57.4 Å². The predicted octanol–water partition coefficient (Wildman–Crippen LogP) is 5.44. The van der Waals surface area contributed by atoms with Crippen molar-refractivity contribution in [1.82, 2.24) is 34.3 Å². The van der Waals surface area contributed by atoms with Crippen LogP contribution in [0.2, 0.25) is 0 Å². The summed E-state index contributed by atoms with van der Waals surface area (Å²) in [5.74, 6) is 2.15. The molecule has 1 atom stereocenters. The average molecular weight is 557 g/mol. The van der Waals surface area contributed by atoms with Crippen LogP contribution in [-0.2, 0) is 19.3 Å². The maximum atomic E-state index is 13.4. The van der Waals surface area contributed by atoms with E-state index < -0.39 is 24.6 Å². The summed E-state index contributed by atoms with van der Waals surface area (Å²) in [6.07, 6.45) is 0.767. The first-order valence-electron chi connectivity index (χ1n) is 13.2. The molecule has 0 amide bonds. The largest absolute Gasteiger partial charge is 0.480 e.